The number of rotatable bonds is 11. The second kappa shape index (κ2) is 11.0. The molecule has 4 aromatic rings. The Morgan fingerprint density at radius 3 is 2.92 bits per heavy atom. The minimum Gasteiger partial charge on any atom is -0.494 e. The molecule has 2 atom stereocenters. The largest absolute Gasteiger partial charge is 0.494 e. The van der Waals surface area contributed by atoms with E-state index < -0.39 is 0 Å². The molecule has 1 fully saturated rings. The lowest BCUT2D eigenvalue weighted by atomic mass is 10.1. The number of furan rings is 1. The van der Waals surface area contributed by atoms with E-state index >= 15 is 0 Å². The summed E-state index contributed by atoms with van der Waals surface area (Å²) < 4.78 is 19.0. The van der Waals surface area contributed by atoms with Gasteiger partial charge in [0.25, 0.3) is 5.56 Å². The van der Waals surface area contributed by atoms with Crippen LogP contribution in [0.4, 0.5) is 0 Å². The summed E-state index contributed by atoms with van der Waals surface area (Å²) in [5.74, 6) is 2.34. The van der Waals surface area contributed by atoms with Gasteiger partial charge < -0.3 is 18.9 Å². The summed E-state index contributed by atoms with van der Waals surface area (Å²) in [6, 6.07) is 11.3. The van der Waals surface area contributed by atoms with E-state index in [9.17, 15) is 4.79 Å². The van der Waals surface area contributed by atoms with E-state index in [4.69, 9.17) is 13.9 Å². The monoisotopic (exact) mass is 492 g/mol. The molecular formula is C26H32N6O4. The van der Waals surface area contributed by atoms with Crippen molar-refractivity contribution < 1.29 is 13.9 Å². The first kappa shape index (κ1) is 24.2. The van der Waals surface area contributed by atoms with Crippen molar-refractivity contribution in [3.8, 4) is 5.75 Å². The van der Waals surface area contributed by atoms with Crippen molar-refractivity contribution in [3.05, 3.63) is 70.2 Å². The zero-order chi connectivity index (χ0) is 24.9. The molecule has 10 heteroatoms. The van der Waals surface area contributed by atoms with Crippen molar-refractivity contribution in [2.75, 3.05) is 13.2 Å². The number of pyridine rings is 1. The summed E-state index contributed by atoms with van der Waals surface area (Å²) in [5, 5.41) is 13.6. The summed E-state index contributed by atoms with van der Waals surface area (Å²) in [6.45, 7) is 6.93. The molecule has 0 aliphatic carbocycles. The average Bonchev–Trinajstić information content (AvgIpc) is 3.65. The van der Waals surface area contributed by atoms with Crippen LogP contribution in [0.25, 0.3) is 10.9 Å². The lowest BCUT2D eigenvalue weighted by Crippen LogP contribution is -2.33. The van der Waals surface area contributed by atoms with Gasteiger partial charge in [-0.2, -0.15) is 0 Å². The second-order valence-electron chi connectivity index (χ2n) is 9.07. The molecule has 10 nitrogen and oxygen atoms in total. The Hall–Kier alpha value is -3.50. The SMILES string of the molecule is CCOc1ccc2[nH]c(=O)c(CN(Cc3ccco3)[C@H](CC)c3nnnn3C[C@@H]3CCCO3)cc2c1. The lowest BCUT2D eigenvalue weighted by Gasteiger charge is -2.29. The molecule has 0 bridgehead atoms. The quantitative estimate of drug-likeness (QED) is 0.336. The van der Waals surface area contributed by atoms with E-state index in [0.717, 1.165) is 54.1 Å². The van der Waals surface area contributed by atoms with Gasteiger partial charge in [0, 0.05) is 29.6 Å². The van der Waals surface area contributed by atoms with E-state index in [-0.39, 0.29) is 17.7 Å². The molecule has 190 valence electrons. The van der Waals surface area contributed by atoms with E-state index in [2.05, 4.69) is 32.3 Å². The Balaban J connectivity index is 1.48. The molecule has 1 aliphatic heterocycles. The lowest BCUT2D eigenvalue weighted by molar-refractivity contribution is 0.0882. The van der Waals surface area contributed by atoms with Crippen LogP contribution in [0.1, 0.15) is 56.3 Å². The first-order chi connectivity index (χ1) is 17.6. The smallest absolute Gasteiger partial charge is 0.252 e. The highest BCUT2D eigenvalue weighted by Crippen LogP contribution is 2.28. The van der Waals surface area contributed by atoms with E-state index in [1.807, 2.05) is 48.0 Å². The van der Waals surface area contributed by atoms with Gasteiger partial charge in [-0.15, -0.1) is 5.10 Å². The molecular weight excluding hydrogens is 460 g/mol. The number of ether oxygens (including phenoxy) is 2. The Kier molecular flexibility index (Phi) is 7.43. The third kappa shape index (κ3) is 5.34. The zero-order valence-corrected chi connectivity index (χ0v) is 20.7. The maximum atomic E-state index is 13.1. The fourth-order valence-electron chi connectivity index (χ4n) is 4.87. The topological polar surface area (TPSA) is 111 Å². The number of hydrogen-bond acceptors (Lipinski definition) is 8. The van der Waals surface area contributed by atoms with Gasteiger partial charge in [-0.05, 0) is 73.0 Å². The van der Waals surface area contributed by atoms with Crippen LogP contribution in [0.2, 0.25) is 0 Å². The maximum absolute atomic E-state index is 13.1. The number of benzene rings is 1. The molecule has 1 aliphatic rings. The van der Waals surface area contributed by atoms with Gasteiger partial charge in [-0.3, -0.25) is 9.69 Å². The number of H-pyrrole nitrogens is 1. The maximum Gasteiger partial charge on any atom is 0.252 e. The van der Waals surface area contributed by atoms with Crippen LogP contribution in [-0.2, 0) is 24.4 Å². The van der Waals surface area contributed by atoms with E-state index in [1.165, 1.54) is 0 Å². The van der Waals surface area contributed by atoms with Gasteiger partial charge in [0.05, 0.1) is 38.1 Å². The van der Waals surface area contributed by atoms with Crippen LogP contribution >= 0.6 is 0 Å². The number of aromatic amines is 1. The van der Waals surface area contributed by atoms with Crippen LogP contribution in [-0.4, -0.2) is 49.4 Å². The fourth-order valence-corrected chi connectivity index (χ4v) is 4.87. The minimum atomic E-state index is -0.128. The number of fused-ring (bicyclic) bond motifs is 1. The van der Waals surface area contributed by atoms with Crippen molar-refractivity contribution in [1.29, 1.82) is 0 Å². The standard InChI is InChI=1S/C26H32N6O4/c1-3-24(25-28-29-30-32(25)17-22-8-6-12-36-22)31(16-21-7-5-11-35-21)15-19-13-18-14-20(34-4-2)9-10-23(18)27-26(19)33/h5,7,9-11,13-14,22,24H,3-4,6,8,12,15-17H2,1-2H3,(H,27,33)/t22-,24+/m0/s1. The summed E-state index contributed by atoms with van der Waals surface area (Å²) in [5.41, 5.74) is 1.31. The van der Waals surface area contributed by atoms with Gasteiger partial charge >= 0.3 is 0 Å². The van der Waals surface area contributed by atoms with Crippen LogP contribution in [0.5, 0.6) is 5.75 Å². The predicted molar refractivity (Wildman–Crippen MR) is 134 cm³/mol. The molecule has 0 saturated carbocycles. The molecule has 0 amide bonds. The van der Waals surface area contributed by atoms with Gasteiger partial charge in [0.15, 0.2) is 5.82 Å². The van der Waals surface area contributed by atoms with Crippen LogP contribution in [0.3, 0.4) is 0 Å². The molecule has 0 unspecified atom stereocenters. The third-order valence-electron chi connectivity index (χ3n) is 6.60. The Morgan fingerprint density at radius 1 is 1.25 bits per heavy atom. The summed E-state index contributed by atoms with van der Waals surface area (Å²) in [7, 11) is 0. The van der Waals surface area contributed by atoms with Crippen molar-refractivity contribution in [2.45, 2.75) is 64.9 Å². The molecule has 1 saturated heterocycles. The van der Waals surface area contributed by atoms with Gasteiger partial charge in [0.1, 0.15) is 11.5 Å². The first-order valence-corrected chi connectivity index (χ1v) is 12.6. The number of aromatic nitrogens is 5. The molecule has 1 N–H and O–H groups in total. The van der Waals surface area contributed by atoms with Crippen LogP contribution in [0.15, 0.2) is 51.9 Å². The van der Waals surface area contributed by atoms with Gasteiger partial charge in [0.2, 0.25) is 0 Å². The summed E-state index contributed by atoms with van der Waals surface area (Å²) in [6.07, 6.45) is 4.59. The van der Waals surface area contributed by atoms with Crippen LogP contribution in [0, 0.1) is 0 Å². The summed E-state index contributed by atoms with van der Waals surface area (Å²) >= 11 is 0. The number of nitrogens with one attached hydrogen (secondary N) is 1. The second-order valence-corrected chi connectivity index (χ2v) is 9.07. The molecule has 3 aromatic heterocycles. The van der Waals surface area contributed by atoms with Gasteiger partial charge in [-0.25, -0.2) is 4.68 Å². The molecule has 0 spiro atoms. The Morgan fingerprint density at radius 2 is 2.17 bits per heavy atom. The van der Waals surface area contributed by atoms with Crippen molar-refractivity contribution in [2.24, 2.45) is 0 Å². The van der Waals surface area contributed by atoms with E-state index in [1.54, 1.807) is 6.26 Å². The first-order valence-electron chi connectivity index (χ1n) is 12.6. The van der Waals surface area contributed by atoms with Gasteiger partial charge in [-0.1, -0.05) is 6.92 Å². The van der Waals surface area contributed by atoms with Crippen molar-refractivity contribution >= 4 is 10.9 Å². The Labute approximate surface area is 209 Å². The van der Waals surface area contributed by atoms with Crippen LogP contribution < -0.4 is 10.3 Å². The predicted octanol–water partition coefficient (Wildman–Crippen LogP) is 3.84. The molecule has 36 heavy (non-hydrogen) atoms. The summed E-state index contributed by atoms with van der Waals surface area (Å²) in [4.78, 5) is 18.3. The fraction of sp³-hybridized carbons (Fsp3) is 0.462. The highest BCUT2D eigenvalue weighted by Gasteiger charge is 2.28. The van der Waals surface area contributed by atoms with E-state index in [0.29, 0.717) is 31.8 Å². The zero-order valence-electron chi connectivity index (χ0n) is 20.7. The minimum absolute atomic E-state index is 0.117. The molecule has 5 rings (SSSR count). The highest BCUT2D eigenvalue weighted by molar-refractivity contribution is 5.80. The highest BCUT2D eigenvalue weighted by atomic mass is 16.5. The normalized spacial score (nSPS) is 16.7. The average molecular weight is 493 g/mol. The van der Waals surface area contributed by atoms with Crippen molar-refractivity contribution in [3.63, 3.8) is 0 Å². The third-order valence-corrected chi connectivity index (χ3v) is 6.60. The molecule has 0 radical (unpaired) electrons. The number of hydrogen-bond donors (Lipinski definition) is 1. The Bertz CT molecular complexity index is 1330. The number of nitrogens with zero attached hydrogens (tertiary/aromatic N) is 5. The van der Waals surface area contributed by atoms with Crippen molar-refractivity contribution in [1.82, 2.24) is 30.1 Å². The number of tetrazole rings is 1. The molecule has 4 heterocycles. The molecule has 1 aromatic carbocycles.